The number of rotatable bonds is 40. The summed E-state index contributed by atoms with van der Waals surface area (Å²) < 4.78 is 0. The summed E-state index contributed by atoms with van der Waals surface area (Å²) in [6.07, 6.45) is 54.4. The van der Waals surface area contributed by atoms with Gasteiger partial charge in [-0.2, -0.15) is 0 Å². The monoisotopic (exact) mass is 730 g/mol. The van der Waals surface area contributed by atoms with Gasteiger partial charge in [0.15, 0.2) is 0 Å². The molecule has 0 aromatic heterocycles. The first kappa shape index (κ1) is 50.3. The number of carbonyl (C=O) groups is 1. The van der Waals surface area contributed by atoms with Gasteiger partial charge in [0.2, 0.25) is 5.91 Å². The number of amides is 1. The lowest BCUT2D eigenvalue weighted by atomic mass is 10.0. The molecule has 0 bridgehead atoms. The van der Waals surface area contributed by atoms with Crippen molar-refractivity contribution in [2.75, 3.05) is 6.61 Å². The molecule has 0 aliphatic carbocycles. The molecule has 0 fully saturated rings. The van der Waals surface area contributed by atoms with Gasteiger partial charge in [-0.1, -0.05) is 204 Å². The number of hydrogen-bond acceptors (Lipinski definition) is 4. The van der Waals surface area contributed by atoms with Crippen LogP contribution in [0.25, 0.3) is 0 Å². The molecular formula is C47H87NO4. The number of carbonyl (C=O) groups excluding carboxylic acids is 1. The zero-order valence-electron chi connectivity index (χ0n) is 34.4. The Morgan fingerprint density at radius 3 is 1.23 bits per heavy atom. The first-order valence-corrected chi connectivity index (χ1v) is 22.5. The highest BCUT2D eigenvalue weighted by atomic mass is 16.3. The third-order valence-electron chi connectivity index (χ3n) is 10.1. The molecule has 0 radical (unpaired) electrons. The third-order valence-corrected chi connectivity index (χ3v) is 10.1. The summed E-state index contributed by atoms with van der Waals surface area (Å²) in [7, 11) is 0. The molecule has 0 saturated heterocycles. The lowest BCUT2D eigenvalue weighted by molar-refractivity contribution is -0.131. The Morgan fingerprint density at radius 1 is 0.462 bits per heavy atom. The lowest BCUT2D eigenvalue weighted by Crippen LogP contribution is -2.48. The minimum Gasteiger partial charge on any atom is -0.394 e. The highest BCUT2D eigenvalue weighted by Gasteiger charge is 2.22. The SMILES string of the molecule is CCCC/C=C/CC/C=C/CC/C=C/C(O)C(CO)NC(=O)C(O)CCCCCCCCCCCC/C=C\CCCCCCCCCCCCCC. The minimum absolute atomic E-state index is 0.383. The molecule has 4 N–H and O–H groups in total. The average molecular weight is 730 g/mol. The van der Waals surface area contributed by atoms with E-state index in [1.54, 1.807) is 6.08 Å². The van der Waals surface area contributed by atoms with Crippen molar-refractivity contribution in [3.8, 4) is 0 Å². The molecule has 52 heavy (non-hydrogen) atoms. The van der Waals surface area contributed by atoms with Crippen molar-refractivity contribution in [2.24, 2.45) is 0 Å². The van der Waals surface area contributed by atoms with Crippen molar-refractivity contribution in [1.82, 2.24) is 5.32 Å². The summed E-state index contributed by atoms with van der Waals surface area (Å²) in [6.45, 7) is 4.11. The molecule has 5 heteroatoms. The van der Waals surface area contributed by atoms with E-state index in [4.69, 9.17) is 0 Å². The molecule has 0 aliphatic heterocycles. The topological polar surface area (TPSA) is 89.8 Å². The van der Waals surface area contributed by atoms with E-state index in [2.05, 4.69) is 55.6 Å². The minimum atomic E-state index is -1.11. The molecule has 0 aromatic carbocycles. The second kappa shape index (κ2) is 42.1. The van der Waals surface area contributed by atoms with Gasteiger partial charge >= 0.3 is 0 Å². The Bertz CT molecular complexity index is 850. The summed E-state index contributed by atoms with van der Waals surface area (Å²) in [6, 6.07) is -0.821. The number of hydrogen-bond donors (Lipinski definition) is 4. The normalized spacial score (nSPS) is 14.0. The highest BCUT2D eigenvalue weighted by Crippen LogP contribution is 2.15. The van der Waals surface area contributed by atoms with Crippen molar-refractivity contribution < 1.29 is 20.1 Å². The van der Waals surface area contributed by atoms with Crippen LogP contribution < -0.4 is 5.32 Å². The molecule has 5 nitrogen and oxygen atoms in total. The predicted molar refractivity (Wildman–Crippen MR) is 227 cm³/mol. The van der Waals surface area contributed by atoms with Crippen molar-refractivity contribution in [3.63, 3.8) is 0 Å². The average Bonchev–Trinajstić information content (AvgIpc) is 3.15. The van der Waals surface area contributed by atoms with Crippen LogP contribution in [0, 0.1) is 0 Å². The fourth-order valence-electron chi connectivity index (χ4n) is 6.55. The molecule has 0 aromatic rings. The molecule has 3 unspecified atom stereocenters. The Kier molecular flexibility index (Phi) is 40.7. The largest absolute Gasteiger partial charge is 0.394 e. The molecule has 304 valence electrons. The molecule has 0 aliphatic rings. The van der Waals surface area contributed by atoms with Crippen molar-refractivity contribution in [3.05, 3.63) is 48.6 Å². The van der Waals surface area contributed by atoms with E-state index in [-0.39, 0.29) is 6.61 Å². The standard InChI is InChI=1S/C47H87NO4/c1-3-5-7-9-11-13-15-17-18-19-20-21-22-23-24-25-26-27-28-29-30-32-34-36-38-40-42-46(51)47(52)48-44(43-49)45(50)41-39-37-35-33-31-16-14-12-10-8-6-4-2/h10,12,23-24,31,33,39,41,44-46,49-51H,3-9,11,13-22,25-30,32,34-38,40,42-43H2,1-2H3,(H,48,52)/b12-10+,24-23-,33-31+,41-39+. The number of aliphatic hydroxyl groups excluding tert-OH is 3. The molecule has 1 amide bonds. The van der Waals surface area contributed by atoms with Crippen LogP contribution in [-0.2, 0) is 4.79 Å². The lowest BCUT2D eigenvalue weighted by Gasteiger charge is -2.21. The smallest absolute Gasteiger partial charge is 0.249 e. The fraction of sp³-hybridized carbons (Fsp3) is 0.809. The van der Waals surface area contributed by atoms with Crippen molar-refractivity contribution >= 4 is 5.91 Å². The number of nitrogens with one attached hydrogen (secondary N) is 1. The first-order chi connectivity index (χ1) is 25.6. The quantitative estimate of drug-likeness (QED) is 0.0373. The number of unbranched alkanes of at least 4 members (excludes halogenated alkanes) is 26. The van der Waals surface area contributed by atoms with Crippen molar-refractivity contribution in [1.29, 1.82) is 0 Å². The van der Waals surface area contributed by atoms with E-state index in [1.165, 1.54) is 154 Å². The van der Waals surface area contributed by atoms with Crippen LogP contribution in [0.5, 0.6) is 0 Å². The Hall–Kier alpha value is -1.69. The third kappa shape index (κ3) is 36.7. The van der Waals surface area contributed by atoms with Gasteiger partial charge in [-0.15, -0.1) is 0 Å². The number of allylic oxidation sites excluding steroid dienone is 7. The number of aliphatic hydroxyl groups is 3. The zero-order valence-corrected chi connectivity index (χ0v) is 34.4. The maximum Gasteiger partial charge on any atom is 0.249 e. The van der Waals surface area contributed by atoms with Crippen LogP contribution in [0.1, 0.15) is 219 Å². The van der Waals surface area contributed by atoms with Gasteiger partial charge in [0.05, 0.1) is 18.8 Å². The highest BCUT2D eigenvalue weighted by molar-refractivity contribution is 5.80. The van der Waals surface area contributed by atoms with E-state index in [0.29, 0.717) is 6.42 Å². The second-order valence-electron chi connectivity index (χ2n) is 15.2. The van der Waals surface area contributed by atoms with Crippen LogP contribution in [0.3, 0.4) is 0 Å². The van der Waals surface area contributed by atoms with E-state index < -0.39 is 24.2 Å². The van der Waals surface area contributed by atoms with Crippen molar-refractivity contribution in [2.45, 2.75) is 238 Å². The predicted octanol–water partition coefficient (Wildman–Crippen LogP) is 12.9. The van der Waals surface area contributed by atoms with Gasteiger partial charge in [-0.05, 0) is 64.2 Å². The first-order valence-electron chi connectivity index (χ1n) is 22.5. The summed E-state index contributed by atoms with van der Waals surface area (Å²) in [5, 5.41) is 33.0. The van der Waals surface area contributed by atoms with Gasteiger partial charge < -0.3 is 20.6 Å². The maximum atomic E-state index is 12.4. The molecule has 0 rings (SSSR count). The van der Waals surface area contributed by atoms with Gasteiger partial charge in [0, 0.05) is 0 Å². The summed E-state index contributed by atoms with van der Waals surface area (Å²) in [5.41, 5.74) is 0. The Labute approximate surface area is 323 Å². The van der Waals surface area contributed by atoms with Gasteiger partial charge in [-0.25, -0.2) is 0 Å². The summed E-state index contributed by atoms with van der Waals surface area (Å²) >= 11 is 0. The maximum absolute atomic E-state index is 12.4. The molecule has 0 spiro atoms. The summed E-state index contributed by atoms with van der Waals surface area (Å²) in [4.78, 5) is 12.4. The second-order valence-corrected chi connectivity index (χ2v) is 15.2. The van der Waals surface area contributed by atoms with Crippen LogP contribution in [0.2, 0.25) is 0 Å². The van der Waals surface area contributed by atoms with E-state index >= 15 is 0 Å². The Morgan fingerprint density at radius 2 is 0.808 bits per heavy atom. The zero-order chi connectivity index (χ0) is 38.0. The van der Waals surface area contributed by atoms with Gasteiger partial charge in [0.25, 0.3) is 0 Å². The van der Waals surface area contributed by atoms with Crippen LogP contribution in [-0.4, -0.2) is 46.1 Å². The van der Waals surface area contributed by atoms with Crippen LogP contribution in [0.15, 0.2) is 48.6 Å². The summed E-state index contributed by atoms with van der Waals surface area (Å²) in [5.74, 6) is -0.520. The fourth-order valence-corrected chi connectivity index (χ4v) is 6.55. The van der Waals surface area contributed by atoms with E-state index in [9.17, 15) is 20.1 Å². The van der Waals surface area contributed by atoms with Gasteiger partial charge in [-0.3, -0.25) is 4.79 Å². The van der Waals surface area contributed by atoms with E-state index in [1.807, 2.05) is 6.08 Å². The van der Waals surface area contributed by atoms with Crippen LogP contribution >= 0.6 is 0 Å². The molecule has 0 heterocycles. The van der Waals surface area contributed by atoms with E-state index in [0.717, 1.165) is 44.9 Å². The molecular weight excluding hydrogens is 643 g/mol. The molecule has 3 atom stereocenters. The molecule has 0 saturated carbocycles. The van der Waals surface area contributed by atoms with Gasteiger partial charge in [0.1, 0.15) is 6.10 Å². The van der Waals surface area contributed by atoms with Crippen LogP contribution in [0.4, 0.5) is 0 Å². The Balaban J connectivity index is 3.63.